The number of ether oxygens (including phenoxy) is 1. The number of rotatable bonds is 12. The van der Waals surface area contributed by atoms with Crippen LogP contribution in [0.3, 0.4) is 0 Å². The zero-order chi connectivity index (χ0) is 32.0. The Labute approximate surface area is 258 Å². The number of pyridine rings is 1. The fourth-order valence-electron chi connectivity index (χ4n) is 4.15. The summed E-state index contributed by atoms with van der Waals surface area (Å²) in [5.41, 5.74) is 0.758. The van der Waals surface area contributed by atoms with Crippen LogP contribution in [0, 0.1) is 0 Å². The summed E-state index contributed by atoms with van der Waals surface area (Å²) in [6.45, 7) is 2.86. The lowest BCUT2D eigenvalue weighted by Gasteiger charge is -2.51. The van der Waals surface area contributed by atoms with E-state index in [0.29, 0.717) is 16.9 Å². The molecule has 44 heavy (non-hydrogen) atoms. The molecule has 2 atom stereocenters. The SMILES string of the molecule is C=CC1=C(C(=O)O)N2CC(NC(=O)C(=NOCC(=O)O)c3csc(NC(=O)OC[n+]4cccc(C(=O)N(C)C)c4)n3)C2SC1. The molecule has 2 aromatic rings. The number of thiazole rings is 1. The number of carbonyl (C=O) groups excluding carboxylic acids is 3. The van der Waals surface area contributed by atoms with Crippen LogP contribution in [0.25, 0.3) is 0 Å². The van der Waals surface area contributed by atoms with Crippen molar-refractivity contribution in [3.63, 3.8) is 0 Å². The maximum Gasteiger partial charge on any atom is 0.418 e. The number of thioether (sulfide) groups is 1. The summed E-state index contributed by atoms with van der Waals surface area (Å²) in [4.78, 5) is 72.6. The number of aromatic nitrogens is 2. The van der Waals surface area contributed by atoms with Gasteiger partial charge in [0.05, 0.1) is 11.4 Å². The summed E-state index contributed by atoms with van der Waals surface area (Å²) in [5, 5.41) is 28.5. The molecule has 0 radical (unpaired) electrons. The summed E-state index contributed by atoms with van der Waals surface area (Å²) in [6.07, 6.45) is 3.78. The van der Waals surface area contributed by atoms with Gasteiger partial charge in [-0.3, -0.25) is 14.9 Å². The highest BCUT2D eigenvalue weighted by molar-refractivity contribution is 8.00. The number of hydrogen-bond acceptors (Lipinski definition) is 12. The average molecular weight is 647 g/mol. The first-order valence-electron chi connectivity index (χ1n) is 12.8. The van der Waals surface area contributed by atoms with Crippen LogP contribution in [0.5, 0.6) is 0 Å². The summed E-state index contributed by atoms with van der Waals surface area (Å²) in [5.74, 6) is -2.96. The lowest BCUT2D eigenvalue weighted by Crippen LogP contribution is -2.67. The number of anilines is 1. The number of nitrogens with zero attached hydrogens (tertiary/aromatic N) is 5. The van der Waals surface area contributed by atoms with Crippen LogP contribution in [-0.2, 0) is 30.7 Å². The van der Waals surface area contributed by atoms with Gasteiger partial charge in [0.15, 0.2) is 23.2 Å². The standard InChI is InChI=1S/C26H27N7O9S2/c1-4-14-11-43-23-16(9-33(23)20(14)24(38)39)27-21(36)19(30-42-10-18(34)35)17-12-44-25(28-17)29-26(40)41-13-32-7-5-6-15(8-32)22(37)31(2)3/h4-8,12,16,23H,1,9-11,13H2,2-3H3,(H3-,27,28,29,34,35,36,38,39,40)/p+1. The largest absolute Gasteiger partial charge is 0.479 e. The number of aliphatic carboxylic acids is 2. The number of allylic oxidation sites excluding steroid dienone is 1. The van der Waals surface area contributed by atoms with Gasteiger partial charge in [-0.1, -0.05) is 17.8 Å². The molecule has 18 heteroatoms. The molecule has 232 valence electrons. The zero-order valence-corrected chi connectivity index (χ0v) is 25.1. The topological polar surface area (TPSA) is 204 Å². The Hall–Kier alpha value is -4.97. The predicted molar refractivity (Wildman–Crippen MR) is 157 cm³/mol. The van der Waals surface area contributed by atoms with E-state index < -0.39 is 36.6 Å². The molecule has 0 aliphatic carbocycles. The van der Waals surface area contributed by atoms with Gasteiger partial charge in [0.2, 0.25) is 6.61 Å². The predicted octanol–water partition coefficient (Wildman–Crippen LogP) is 0.542. The normalized spacial score (nSPS) is 17.5. The van der Waals surface area contributed by atoms with Crippen molar-refractivity contribution < 1.29 is 48.3 Å². The second kappa shape index (κ2) is 14.0. The van der Waals surface area contributed by atoms with Crippen LogP contribution in [0.2, 0.25) is 0 Å². The van der Waals surface area contributed by atoms with Crippen LogP contribution < -0.4 is 15.2 Å². The number of oxime groups is 1. The minimum atomic E-state index is -1.31. The molecular weight excluding hydrogens is 618 g/mol. The third kappa shape index (κ3) is 7.51. The van der Waals surface area contributed by atoms with Gasteiger partial charge in [-0.05, 0) is 11.6 Å². The highest BCUT2D eigenvalue weighted by Gasteiger charge is 2.46. The van der Waals surface area contributed by atoms with E-state index in [9.17, 15) is 29.1 Å². The highest BCUT2D eigenvalue weighted by Crippen LogP contribution is 2.39. The van der Waals surface area contributed by atoms with E-state index in [0.717, 1.165) is 11.3 Å². The Kier molecular flexibility index (Phi) is 10.2. The lowest BCUT2D eigenvalue weighted by molar-refractivity contribution is -0.727. The number of carboxylic acid groups (broad SMARTS) is 2. The molecule has 2 aliphatic rings. The molecule has 0 aromatic carbocycles. The van der Waals surface area contributed by atoms with Crippen molar-refractivity contribution in [1.82, 2.24) is 20.1 Å². The third-order valence-electron chi connectivity index (χ3n) is 6.18. The second-order valence-corrected chi connectivity index (χ2v) is 11.4. The number of amides is 3. The van der Waals surface area contributed by atoms with E-state index in [1.807, 2.05) is 0 Å². The van der Waals surface area contributed by atoms with E-state index in [2.05, 4.69) is 27.4 Å². The van der Waals surface area contributed by atoms with Crippen LogP contribution in [0.4, 0.5) is 9.93 Å². The first-order valence-corrected chi connectivity index (χ1v) is 14.7. The van der Waals surface area contributed by atoms with Crippen molar-refractivity contribution in [1.29, 1.82) is 0 Å². The Morgan fingerprint density at radius 1 is 1.30 bits per heavy atom. The van der Waals surface area contributed by atoms with E-state index in [1.165, 1.54) is 38.9 Å². The van der Waals surface area contributed by atoms with Crippen molar-refractivity contribution in [2.75, 3.05) is 38.3 Å². The molecule has 4 heterocycles. The van der Waals surface area contributed by atoms with Gasteiger partial charge in [-0.2, -0.15) is 4.57 Å². The van der Waals surface area contributed by atoms with Gasteiger partial charge in [0.25, 0.3) is 18.5 Å². The van der Waals surface area contributed by atoms with E-state index in [1.54, 1.807) is 37.3 Å². The number of hydrogen-bond donors (Lipinski definition) is 4. The quantitative estimate of drug-likeness (QED) is 0.142. The molecule has 1 fully saturated rings. The molecule has 0 spiro atoms. The summed E-state index contributed by atoms with van der Waals surface area (Å²) in [7, 11) is 3.24. The number of fused-ring (bicyclic) bond motifs is 1. The van der Waals surface area contributed by atoms with E-state index >= 15 is 0 Å². The van der Waals surface area contributed by atoms with Crippen molar-refractivity contribution >= 4 is 63.8 Å². The monoisotopic (exact) mass is 646 g/mol. The van der Waals surface area contributed by atoms with Crippen LogP contribution >= 0.6 is 23.1 Å². The van der Waals surface area contributed by atoms with Gasteiger partial charge >= 0.3 is 18.0 Å². The number of carbonyl (C=O) groups is 5. The second-order valence-electron chi connectivity index (χ2n) is 9.45. The molecule has 16 nitrogen and oxygen atoms in total. The first-order chi connectivity index (χ1) is 21.0. The molecule has 2 aliphatic heterocycles. The van der Waals surface area contributed by atoms with Gasteiger partial charge in [-0.15, -0.1) is 23.1 Å². The van der Waals surface area contributed by atoms with Gasteiger partial charge in [0, 0.05) is 37.8 Å². The first kappa shape index (κ1) is 32.0. The molecule has 0 bridgehead atoms. The Bertz CT molecular complexity index is 1560. The minimum Gasteiger partial charge on any atom is -0.479 e. The fraction of sp³-hybridized carbons (Fsp3) is 0.308. The molecule has 1 saturated heterocycles. The van der Waals surface area contributed by atoms with E-state index in [-0.39, 0.29) is 46.8 Å². The van der Waals surface area contributed by atoms with E-state index in [4.69, 9.17) is 14.7 Å². The molecule has 2 aromatic heterocycles. The van der Waals surface area contributed by atoms with Gasteiger partial charge in [0.1, 0.15) is 17.0 Å². The molecule has 4 rings (SSSR count). The Morgan fingerprint density at radius 3 is 2.75 bits per heavy atom. The van der Waals surface area contributed by atoms with Crippen molar-refractivity contribution in [3.8, 4) is 0 Å². The minimum absolute atomic E-state index is 0.00926. The molecule has 4 N–H and O–H groups in total. The molecule has 3 amide bonds. The summed E-state index contributed by atoms with van der Waals surface area (Å²) in [6, 6.07) is 2.81. The summed E-state index contributed by atoms with van der Waals surface area (Å²) < 4.78 is 6.70. The maximum atomic E-state index is 13.2. The smallest absolute Gasteiger partial charge is 0.418 e. The Morgan fingerprint density at radius 2 is 2.07 bits per heavy atom. The number of nitrogens with one attached hydrogen (secondary N) is 2. The van der Waals surface area contributed by atoms with Crippen molar-refractivity contribution in [2.45, 2.75) is 18.1 Å². The van der Waals surface area contributed by atoms with Crippen LogP contribution in [0.1, 0.15) is 16.1 Å². The highest BCUT2D eigenvalue weighted by atomic mass is 32.2. The van der Waals surface area contributed by atoms with Crippen LogP contribution in [-0.4, -0.2) is 105 Å². The Balaban J connectivity index is 1.40. The fourth-order valence-corrected chi connectivity index (χ4v) is 6.19. The van der Waals surface area contributed by atoms with Crippen molar-refractivity contribution in [2.24, 2.45) is 5.16 Å². The average Bonchev–Trinajstić information content (AvgIpc) is 3.43. The molecular formula is C26H28N7O9S2+. The molecule has 0 saturated carbocycles. The lowest BCUT2D eigenvalue weighted by atomic mass is 10.0. The number of carboxylic acids is 2. The maximum absolute atomic E-state index is 13.2. The zero-order valence-electron chi connectivity index (χ0n) is 23.5. The third-order valence-corrected chi connectivity index (χ3v) is 8.34. The summed E-state index contributed by atoms with van der Waals surface area (Å²) >= 11 is 2.39. The van der Waals surface area contributed by atoms with Gasteiger partial charge in [-0.25, -0.2) is 19.4 Å². The molecule has 2 unspecified atom stereocenters. The van der Waals surface area contributed by atoms with Crippen molar-refractivity contribution in [3.05, 3.63) is 65.1 Å². The van der Waals surface area contributed by atoms with Gasteiger partial charge < -0.3 is 34.9 Å². The van der Waals surface area contributed by atoms with Crippen LogP contribution in [0.15, 0.2) is 59.0 Å².